The average Bonchev–Trinajstić information content (AvgIpc) is 2.61. The van der Waals surface area contributed by atoms with E-state index in [1.165, 1.54) is 12.1 Å². The summed E-state index contributed by atoms with van der Waals surface area (Å²) in [5.41, 5.74) is 4.10. The van der Waals surface area contributed by atoms with Crippen molar-refractivity contribution in [3.8, 4) is 11.4 Å². The van der Waals surface area contributed by atoms with Gasteiger partial charge in [-0.3, -0.25) is 9.36 Å². The van der Waals surface area contributed by atoms with Crippen LogP contribution in [-0.2, 0) is 6.61 Å². The summed E-state index contributed by atoms with van der Waals surface area (Å²) in [7, 11) is 6.06. The van der Waals surface area contributed by atoms with Gasteiger partial charge in [-0.2, -0.15) is 0 Å². The third-order valence-electron chi connectivity index (χ3n) is 4.36. The minimum absolute atomic E-state index is 0.0559. The SMILES string of the molecule is [B]c1c(OCc2ccc(F)cc2)cc(C)n(-c2c(C)cccc2C)c1=O. The third kappa shape index (κ3) is 3.43. The van der Waals surface area contributed by atoms with Gasteiger partial charge in [0.15, 0.2) is 0 Å². The molecule has 3 nitrogen and oxygen atoms in total. The summed E-state index contributed by atoms with van der Waals surface area (Å²) in [5, 5.41) is 0. The minimum Gasteiger partial charge on any atom is -0.489 e. The summed E-state index contributed by atoms with van der Waals surface area (Å²) in [6, 6.07) is 13.6. The molecule has 0 N–H and O–H groups in total. The Hall–Kier alpha value is -2.82. The number of hydrogen-bond acceptors (Lipinski definition) is 2. The molecule has 2 radical (unpaired) electrons. The molecule has 0 saturated heterocycles. The fourth-order valence-corrected chi connectivity index (χ4v) is 3.02. The summed E-state index contributed by atoms with van der Waals surface area (Å²) >= 11 is 0. The number of benzene rings is 2. The van der Waals surface area contributed by atoms with Crippen molar-refractivity contribution in [1.29, 1.82) is 0 Å². The lowest BCUT2D eigenvalue weighted by Crippen LogP contribution is -2.36. The number of hydrogen-bond donors (Lipinski definition) is 0. The first-order chi connectivity index (χ1) is 12.4. The van der Waals surface area contributed by atoms with Gasteiger partial charge in [-0.1, -0.05) is 30.3 Å². The summed E-state index contributed by atoms with van der Waals surface area (Å²) in [6.07, 6.45) is 0. The Balaban J connectivity index is 1.98. The van der Waals surface area contributed by atoms with Crippen molar-refractivity contribution in [3.05, 3.63) is 87.1 Å². The normalized spacial score (nSPS) is 10.8. The molecule has 0 unspecified atom stereocenters. The van der Waals surface area contributed by atoms with Gasteiger partial charge in [0.05, 0.1) is 5.69 Å². The molecule has 0 aliphatic carbocycles. The summed E-state index contributed by atoms with van der Waals surface area (Å²) < 4.78 is 20.3. The van der Waals surface area contributed by atoms with Gasteiger partial charge in [0.1, 0.15) is 26.0 Å². The highest BCUT2D eigenvalue weighted by molar-refractivity contribution is 6.34. The van der Waals surface area contributed by atoms with E-state index >= 15 is 0 Å². The van der Waals surface area contributed by atoms with E-state index in [9.17, 15) is 9.18 Å². The molecule has 3 aromatic rings. The second kappa shape index (κ2) is 7.20. The molecule has 0 bridgehead atoms. The van der Waals surface area contributed by atoms with Crippen LogP contribution in [0.15, 0.2) is 53.3 Å². The van der Waals surface area contributed by atoms with E-state index in [1.807, 2.05) is 39.0 Å². The Bertz CT molecular complexity index is 990. The maximum Gasteiger partial charge on any atom is 0.251 e. The molecule has 0 saturated carbocycles. The van der Waals surface area contributed by atoms with Crippen molar-refractivity contribution < 1.29 is 9.13 Å². The van der Waals surface area contributed by atoms with Crippen molar-refractivity contribution >= 4 is 13.3 Å². The highest BCUT2D eigenvalue weighted by Crippen LogP contribution is 2.20. The number of pyridine rings is 1. The van der Waals surface area contributed by atoms with E-state index < -0.39 is 0 Å². The fourth-order valence-electron chi connectivity index (χ4n) is 3.02. The zero-order valence-corrected chi connectivity index (χ0v) is 15.0. The molecule has 3 rings (SSSR count). The quantitative estimate of drug-likeness (QED) is 0.679. The second-order valence-electron chi connectivity index (χ2n) is 6.36. The van der Waals surface area contributed by atoms with Crippen molar-refractivity contribution in [2.24, 2.45) is 0 Å². The van der Waals surface area contributed by atoms with Crippen molar-refractivity contribution in [2.75, 3.05) is 0 Å². The van der Waals surface area contributed by atoms with Crippen LogP contribution in [0.2, 0.25) is 0 Å². The van der Waals surface area contributed by atoms with Gasteiger partial charge < -0.3 is 4.74 Å². The largest absolute Gasteiger partial charge is 0.489 e. The van der Waals surface area contributed by atoms with Gasteiger partial charge in [0.25, 0.3) is 5.56 Å². The Labute approximate surface area is 153 Å². The molecule has 1 aromatic heterocycles. The van der Waals surface area contributed by atoms with Crippen LogP contribution >= 0.6 is 0 Å². The van der Waals surface area contributed by atoms with Gasteiger partial charge in [0, 0.05) is 11.2 Å². The monoisotopic (exact) mass is 347 g/mol. The summed E-state index contributed by atoms with van der Waals surface area (Å²) in [4.78, 5) is 12.9. The highest BCUT2D eigenvalue weighted by atomic mass is 19.1. The molecule has 0 fully saturated rings. The second-order valence-corrected chi connectivity index (χ2v) is 6.36. The fraction of sp³-hybridized carbons (Fsp3) is 0.190. The average molecular weight is 347 g/mol. The molecule has 0 aliphatic heterocycles. The van der Waals surface area contributed by atoms with Crippen LogP contribution in [0, 0.1) is 26.6 Å². The third-order valence-corrected chi connectivity index (χ3v) is 4.36. The van der Waals surface area contributed by atoms with Crippen molar-refractivity contribution in [3.63, 3.8) is 0 Å². The number of para-hydroxylation sites is 1. The minimum atomic E-state index is -0.309. The lowest BCUT2D eigenvalue weighted by atomic mass is 9.95. The van der Waals surface area contributed by atoms with Crippen LogP contribution in [0.25, 0.3) is 5.69 Å². The van der Waals surface area contributed by atoms with Crippen molar-refractivity contribution in [2.45, 2.75) is 27.4 Å². The van der Waals surface area contributed by atoms with Gasteiger partial charge >= 0.3 is 0 Å². The maximum atomic E-state index is 13.0. The van der Waals surface area contributed by atoms with E-state index in [1.54, 1.807) is 22.8 Å². The van der Waals surface area contributed by atoms with Crippen LogP contribution in [-0.4, -0.2) is 12.4 Å². The van der Waals surface area contributed by atoms with E-state index in [-0.39, 0.29) is 23.4 Å². The van der Waals surface area contributed by atoms with Crippen LogP contribution < -0.4 is 15.8 Å². The first kappa shape index (κ1) is 18.0. The van der Waals surface area contributed by atoms with Gasteiger partial charge in [-0.15, -0.1) is 0 Å². The molecule has 130 valence electrons. The van der Waals surface area contributed by atoms with E-state index in [0.29, 0.717) is 5.75 Å². The van der Waals surface area contributed by atoms with Gasteiger partial charge in [-0.25, -0.2) is 4.39 Å². The van der Waals surface area contributed by atoms with E-state index in [2.05, 4.69) is 0 Å². The number of aromatic nitrogens is 1. The smallest absolute Gasteiger partial charge is 0.251 e. The molecule has 5 heteroatoms. The Morgan fingerprint density at radius 3 is 2.27 bits per heavy atom. The summed E-state index contributed by atoms with van der Waals surface area (Å²) in [6.45, 7) is 5.97. The van der Waals surface area contributed by atoms with Crippen LogP contribution in [0.1, 0.15) is 22.4 Å². The lowest BCUT2D eigenvalue weighted by molar-refractivity contribution is 0.307. The Morgan fingerprint density at radius 1 is 1.04 bits per heavy atom. The predicted octanol–water partition coefficient (Wildman–Crippen LogP) is 3.27. The van der Waals surface area contributed by atoms with E-state index in [4.69, 9.17) is 12.6 Å². The zero-order chi connectivity index (χ0) is 18.8. The van der Waals surface area contributed by atoms with Crippen LogP contribution in [0.4, 0.5) is 4.39 Å². The standard InChI is InChI=1S/C21H19BFNO2/c1-13-5-4-6-14(2)20(13)24-15(3)11-18(19(22)21(24)25)26-12-16-7-9-17(23)10-8-16/h4-11H,12H2,1-3H3. The molecule has 0 amide bonds. The van der Waals surface area contributed by atoms with E-state index in [0.717, 1.165) is 28.1 Å². The number of ether oxygens (including phenoxy) is 1. The molecule has 0 atom stereocenters. The molecular formula is C21H19BFNO2. The number of aryl methyl sites for hydroxylation is 3. The summed E-state index contributed by atoms with van der Waals surface area (Å²) in [5.74, 6) is 0.0274. The zero-order valence-electron chi connectivity index (χ0n) is 15.0. The van der Waals surface area contributed by atoms with Crippen LogP contribution in [0.3, 0.4) is 0 Å². The lowest BCUT2D eigenvalue weighted by Gasteiger charge is -2.18. The van der Waals surface area contributed by atoms with Crippen molar-refractivity contribution in [1.82, 2.24) is 4.57 Å². The topological polar surface area (TPSA) is 31.2 Å². The Morgan fingerprint density at radius 2 is 1.65 bits per heavy atom. The number of halogens is 1. The molecular weight excluding hydrogens is 328 g/mol. The first-order valence-electron chi connectivity index (χ1n) is 8.34. The van der Waals surface area contributed by atoms with Crippen LogP contribution in [0.5, 0.6) is 5.75 Å². The molecule has 2 aromatic carbocycles. The van der Waals surface area contributed by atoms with Gasteiger partial charge in [0.2, 0.25) is 0 Å². The van der Waals surface area contributed by atoms with Gasteiger partial charge in [-0.05, 0) is 55.7 Å². The maximum absolute atomic E-state index is 13.0. The number of nitrogens with zero attached hydrogens (tertiary/aromatic N) is 1. The molecule has 0 aliphatic rings. The molecule has 26 heavy (non-hydrogen) atoms. The predicted molar refractivity (Wildman–Crippen MR) is 102 cm³/mol. The number of rotatable bonds is 4. The Kier molecular flexibility index (Phi) is 4.98. The molecule has 1 heterocycles. The highest BCUT2D eigenvalue weighted by Gasteiger charge is 2.14. The molecule has 0 spiro atoms. The first-order valence-corrected chi connectivity index (χ1v) is 8.34.